The van der Waals surface area contributed by atoms with Crippen LogP contribution in [0.25, 0.3) is 0 Å². The lowest BCUT2D eigenvalue weighted by molar-refractivity contribution is -0.339. The molecule has 11 heteroatoms. The summed E-state index contributed by atoms with van der Waals surface area (Å²) in [5.41, 5.74) is -1.11. The Kier molecular flexibility index (Phi) is 11.4. The molecule has 0 aromatic rings. The van der Waals surface area contributed by atoms with Gasteiger partial charge in [0.1, 0.15) is 0 Å². The number of hydrogen-bond acceptors (Lipinski definition) is 10. The summed E-state index contributed by atoms with van der Waals surface area (Å²) in [6.45, 7) is 15.6. The van der Waals surface area contributed by atoms with Crippen LogP contribution >= 0.6 is 0 Å². The lowest BCUT2D eigenvalue weighted by atomic mass is 9.78. The molecule has 5 unspecified atom stereocenters. The number of aliphatic hydroxyl groups is 3. The summed E-state index contributed by atoms with van der Waals surface area (Å²) in [7, 11) is 1.53. The number of carboxylic acid groups (broad SMARTS) is 1. The van der Waals surface area contributed by atoms with E-state index in [4.69, 9.17) is 28.4 Å². The molecule has 5 heterocycles. The average molecular weight is 685 g/mol. The summed E-state index contributed by atoms with van der Waals surface area (Å²) in [4.78, 5) is 11.9. The van der Waals surface area contributed by atoms with E-state index in [-0.39, 0.29) is 54.0 Å². The van der Waals surface area contributed by atoms with Crippen molar-refractivity contribution in [3.8, 4) is 0 Å². The van der Waals surface area contributed by atoms with Gasteiger partial charge in [0.15, 0.2) is 11.6 Å². The van der Waals surface area contributed by atoms with Gasteiger partial charge in [0, 0.05) is 37.7 Å². The fourth-order valence-electron chi connectivity index (χ4n) is 10.2. The van der Waals surface area contributed by atoms with Gasteiger partial charge < -0.3 is 48.8 Å². The largest absolute Gasteiger partial charge is 0.481 e. The molecule has 0 aliphatic carbocycles. The molecule has 1 spiro atoms. The van der Waals surface area contributed by atoms with Crippen LogP contribution < -0.4 is 0 Å². The molecule has 5 aliphatic heterocycles. The number of rotatable bonds is 11. The first-order valence-corrected chi connectivity index (χ1v) is 18.7. The van der Waals surface area contributed by atoms with Crippen molar-refractivity contribution in [3.63, 3.8) is 0 Å². The molecule has 278 valence electrons. The van der Waals surface area contributed by atoms with Crippen molar-refractivity contribution in [3.05, 3.63) is 0 Å². The van der Waals surface area contributed by atoms with Gasteiger partial charge in [-0.3, -0.25) is 4.79 Å². The molecule has 5 saturated heterocycles. The maximum Gasteiger partial charge on any atom is 0.308 e. The zero-order valence-electron chi connectivity index (χ0n) is 30.7. The third-order valence-electron chi connectivity index (χ3n) is 13.4. The van der Waals surface area contributed by atoms with E-state index in [1.165, 1.54) is 7.11 Å². The van der Waals surface area contributed by atoms with Gasteiger partial charge in [0.25, 0.3) is 0 Å². The fourth-order valence-corrected chi connectivity index (χ4v) is 10.2. The van der Waals surface area contributed by atoms with Gasteiger partial charge in [-0.25, -0.2) is 0 Å². The smallest absolute Gasteiger partial charge is 0.308 e. The van der Waals surface area contributed by atoms with Gasteiger partial charge in [-0.15, -0.1) is 0 Å². The van der Waals surface area contributed by atoms with E-state index in [0.717, 1.165) is 44.9 Å². The van der Waals surface area contributed by atoms with Crippen molar-refractivity contribution in [2.45, 2.75) is 179 Å². The number of carbonyl (C=O) groups is 1. The van der Waals surface area contributed by atoms with E-state index in [0.29, 0.717) is 12.8 Å². The van der Waals surface area contributed by atoms with Crippen molar-refractivity contribution in [1.82, 2.24) is 0 Å². The molecular weight excluding hydrogens is 620 g/mol. The minimum atomic E-state index is -1.56. The molecule has 0 aromatic carbocycles. The van der Waals surface area contributed by atoms with Crippen LogP contribution in [-0.2, 0) is 33.2 Å². The quantitative estimate of drug-likeness (QED) is 0.240. The van der Waals surface area contributed by atoms with Crippen molar-refractivity contribution in [2.75, 3.05) is 13.7 Å². The topological polar surface area (TPSA) is 153 Å². The molecule has 48 heavy (non-hydrogen) atoms. The molecule has 0 aromatic heterocycles. The molecule has 0 bridgehead atoms. The molecule has 17 atom stereocenters. The molecule has 5 rings (SSSR count). The van der Waals surface area contributed by atoms with Crippen LogP contribution in [0, 0.1) is 35.5 Å². The summed E-state index contributed by atoms with van der Waals surface area (Å²) >= 11 is 0. The first-order chi connectivity index (χ1) is 22.5. The van der Waals surface area contributed by atoms with Gasteiger partial charge in [-0.2, -0.15) is 0 Å². The Morgan fingerprint density at radius 2 is 1.65 bits per heavy atom. The number of aliphatic carboxylic acids is 1. The zero-order valence-corrected chi connectivity index (χ0v) is 30.7. The summed E-state index contributed by atoms with van der Waals surface area (Å²) in [5.74, 6) is -4.52. The summed E-state index contributed by atoms with van der Waals surface area (Å²) in [5, 5.41) is 42.0. The molecule has 0 radical (unpaired) electrons. The summed E-state index contributed by atoms with van der Waals surface area (Å²) in [6, 6.07) is 0. The second-order valence-electron chi connectivity index (χ2n) is 16.4. The SMILES string of the molecule is CC[C@@]1(C2CC[C@@](CC)([C@@H]3OC(C4O[C@@](O)(CO)[C@H](C)C[C@@H]4C)C[C@@H]3C)O2)CCC2(C[C@H](O)[C@@H](C)[C@@H]([C@@H](C)[C@H](OC)C(C)C(=O)O)O2)O1. The number of ether oxygens (including phenoxy) is 6. The molecule has 5 aliphatic rings. The van der Waals surface area contributed by atoms with Crippen LogP contribution in [0.15, 0.2) is 0 Å². The minimum Gasteiger partial charge on any atom is -0.481 e. The maximum absolute atomic E-state index is 11.9. The molecular formula is C37H64O11. The third kappa shape index (κ3) is 6.62. The van der Waals surface area contributed by atoms with Crippen molar-refractivity contribution in [1.29, 1.82) is 0 Å². The lowest BCUT2D eigenvalue weighted by Crippen LogP contribution is -2.57. The van der Waals surface area contributed by atoms with E-state index in [1.807, 2.05) is 20.8 Å². The number of carboxylic acids is 1. The summed E-state index contributed by atoms with van der Waals surface area (Å²) in [6.07, 6.45) is 3.79. The Morgan fingerprint density at radius 3 is 2.25 bits per heavy atom. The lowest BCUT2D eigenvalue weighted by Gasteiger charge is -2.49. The molecule has 4 N–H and O–H groups in total. The first kappa shape index (κ1) is 38.3. The average Bonchev–Trinajstić information content (AvgIpc) is 3.77. The van der Waals surface area contributed by atoms with Crippen LogP contribution in [0.1, 0.15) is 113 Å². The Labute approximate surface area is 287 Å². The Balaban J connectivity index is 1.31. The normalized spacial score (nSPS) is 50.1. The van der Waals surface area contributed by atoms with E-state index in [1.54, 1.807) is 6.92 Å². The second-order valence-corrected chi connectivity index (χ2v) is 16.4. The van der Waals surface area contributed by atoms with Crippen LogP contribution in [0.3, 0.4) is 0 Å². The molecule has 0 amide bonds. The minimum absolute atomic E-state index is 0.153. The third-order valence-corrected chi connectivity index (χ3v) is 13.4. The highest BCUT2D eigenvalue weighted by atomic mass is 16.7. The monoisotopic (exact) mass is 684 g/mol. The van der Waals surface area contributed by atoms with Crippen LogP contribution in [-0.4, -0.2) is 106 Å². The number of aliphatic hydroxyl groups excluding tert-OH is 2. The van der Waals surface area contributed by atoms with Crippen molar-refractivity contribution < 1.29 is 53.6 Å². The molecule has 11 nitrogen and oxygen atoms in total. The highest BCUT2D eigenvalue weighted by molar-refractivity contribution is 5.70. The van der Waals surface area contributed by atoms with Crippen LogP contribution in [0.5, 0.6) is 0 Å². The highest BCUT2D eigenvalue weighted by Gasteiger charge is 2.63. The van der Waals surface area contributed by atoms with Crippen molar-refractivity contribution >= 4 is 5.97 Å². The fraction of sp³-hybridized carbons (Fsp3) is 0.973. The highest BCUT2D eigenvalue weighted by Crippen LogP contribution is 2.56. The predicted molar refractivity (Wildman–Crippen MR) is 177 cm³/mol. The summed E-state index contributed by atoms with van der Waals surface area (Å²) < 4.78 is 39.8. The Morgan fingerprint density at radius 1 is 0.958 bits per heavy atom. The van der Waals surface area contributed by atoms with E-state index in [2.05, 4.69) is 27.7 Å². The Hall–Kier alpha value is -0.890. The number of hydrogen-bond donors (Lipinski definition) is 4. The Bertz CT molecular complexity index is 1120. The standard InChI is InChI=1S/C37H64O11/c1-10-34(14-15-36(48-34)18-26(39)23(6)31(46-36)24(7)30(43-9)25(8)33(40)41)28-12-13-35(11-2,45-28)32-21(4)17-27(44-32)29-20(3)16-22(5)37(42,19-38)47-29/h20-32,38-39,42H,10-19H2,1-9H3,(H,40,41)/t20-,21-,22+,23+,24-,25?,26-,27?,28?,29?,30-,31-,32+,34-,35-,36?,37-/m0/s1. The van der Waals surface area contributed by atoms with Crippen LogP contribution in [0.2, 0.25) is 0 Å². The number of methoxy groups -OCH3 is 1. The predicted octanol–water partition coefficient (Wildman–Crippen LogP) is 4.66. The van der Waals surface area contributed by atoms with Gasteiger partial charge in [-0.1, -0.05) is 48.5 Å². The van der Waals surface area contributed by atoms with Crippen LogP contribution in [0.4, 0.5) is 0 Å². The zero-order chi connectivity index (χ0) is 35.4. The van der Waals surface area contributed by atoms with Gasteiger partial charge in [-0.05, 0) is 63.7 Å². The molecule has 0 saturated carbocycles. The first-order valence-electron chi connectivity index (χ1n) is 18.7. The maximum atomic E-state index is 11.9. The van der Waals surface area contributed by atoms with E-state index in [9.17, 15) is 25.2 Å². The second kappa shape index (κ2) is 14.3. The van der Waals surface area contributed by atoms with Crippen molar-refractivity contribution in [2.24, 2.45) is 35.5 Å². The van der Waals surface area contributed by atoms with E-state index < -0.39 is 59.6 Å². The van der Waals surface area contributed by atoms with Gasteiger partial charge in [0.05, 0.1) is 66.5 Å². The molecule has 5 fully saturated rings. The van der Waals surface area contributed by atoms with E-state index >= 15 is 0 Å². The van der Waals surface area contributed by atoms with Gasteiger partial charge in [0.2, 0.25) is 0 Å². The van der Waals surface area contributed by atoms with Gasteiger partial charge >= 0.3 is 5.97 Å².